The largest absolute Gasteiger partial charge is 0.490 e. The number of carbonyl (C=O) groups is 1. The van der Waals surface area contributed by atoms with Crippen molar-refractivity contribution < 1.29 is 41.0 Å². The summed E-state index contributed by atoms with van der Waals surface area (Å²) in [6.07, 6.45) is -3.41. The molecule has 2 fully saturated rings. The number of carboxylic acid groups (broad SMARTS) is 1. The molecule has 0 bridgehead atoms. The molecule has 1 aliphatic carbocycles. The lowest BCUT2D eigenvalue weighted by Gasteiger charge is -2.38. The number of piperazine rings is 1. The summed E-state index contributed by atoms with van der Waals surface area (Å²) in [5.74, 6) is -2.31. The molecule has 0 aromatic heterocycles. The molecule has 42 heavy (non-hydrogen) atoms. The number of carboxylic acids is 1. The molecule has 2 aromatic rings. The molecule has 1 atom stereocenters. The number of benzene rings is 2. The molecule has 1 saturated heterocycles. The van der Waals surface area contributed by atoms with Crippen LogP contribution in [0.15, 0.2) is 48.5 Å². The zero-order valence-electron chi connectivity index (χ0n) is 23.9. The molecule has 1 saturated carbocycles. The molecule has 0 amide bonds. The molecular weight excluding hydrogens is 564 g/mol. The normalized spacial score (nSPS) is 18.0. The van der Waals surface area contributed by atoms with Gasteiger partial charge in [0, 0.05) is 51.7 Å². The van der Waals surface area contributed by atoms with Crippen LogP contribution < -0.4 is 4.74 Å². The van der Waals surface area contributed by atoms with Crippen molar-refractivity contribution in [1.82, 2.24) is 14.7 Å². The Hall–Kier alpha value is -2.83. The third kappa shape index (κ3) is 10.8. The number of aliphatic carboxylic acids is 1. The van der Waals surface area contributed by atoms with Gasteiger partial charge < -0.3 is 14.7 Å². The molecule has 234 valence electrons. The lowest BCUT2D eigenvalue weighted by atomic mass is 10.0. The van der Waals surface area contributed by atoms with E-state index >= 15 is 0 Å². The van der Waals surface area contributed by atoms with Gasteiger partial charge in [0.15, 0.2) is 0 Å². The minimum atomic E-state index is -5.08. The molecule has 2 aliphatic rings. The molecule has 1 N–H and O–H groups in total. The minimum absolute atomic E-state index is 0.224. The summed E-state index contributed by atoms with van der Waals surface area (Å²) in [6, 6.07) is 14.3. The van der Waals surface area contributed by atoms with E-state index in [2.05, 4.69) is 39.0 Å². The molecular formula is C30H39F6N3O3. The van der Waals surface area contributed by atoms with Crippen molar-refractivity contribution in [2.24, 2.45) is 0 Å². The van der Waals surface area contributed by atoms with E-state index in [1.807, 2.05) is 14.1 Å². The molecule has 1 unspecified atom stereocenters. The Morgan fingerprint density at radius 2 is 1.48 bits per heavy atom. The second-order valence-corrected chi connectivity index (χ2v) is 11.0. The van der Waals surface area contributed by atoms with Crippen LogP contribution in [0.2, 0.25) is 0 Å². The Labute approximate surface area is 242 Å². The first kappa shape index (κ1) is 33.7. The highest BCUT2D eigenvalue weighted by atomic mass is 19.4. The van der Waals surface area contributed by atoms with Crippen molar-refractivity contribution in [3.8, 4) is 5.75 Å². The molecule has 1 aliphatic heterocycles. The smallest absolute Gasteiger partial charge is 0.486 e. The van der Waals surface area contributed by atoms with E-state index in [4.69, 9.17) is 14.6 Å². The van der Waals surface area contributed by atoms with Gasteiger partial charge in [0.1, 0.15) is 11.9 Å². The van der Waals surface area contributed by atoms with Crippen LogP contribution in [0.5, 0.6) is 5.75 Å². The van der Waals surface area contributed by atoms with Crippen LogP contribution in [0.25, 0.3) is 0 Å². The summed E-state index contributed by atoms with van der Waals surface area (Å²) in [7, 11) is 4.01. The SMILES string of the molecule is CN(C)CCC(Oc1ccc(C(F)(F)F)cc1)c1ccc(CN2CCN(C3CCCC3)CC2)cc1.O=C(O)C(F)(F)F. The Bertz CT molecular complexity index is 1090. The molecule has 1 heterocycles. The number of halogens is 6. The van der Waals surface area contributed by atoms with Gasteiger partial charge in [0.2, 0.25) is 0 Å². The molecule has 4 rings (SSSR count). The third-order valence-corrected chi connectivity index (χ3v) is 7.55. The first-order valence-corrected chi connectivity index (χ1v) is 14.1. The average Bonchev–Trinajstić information content (AvgIpc) is 3.47. The summed E-state index contributed by atoms with van der Waals surface area (Å²) in [6.45, 7) is 6.31. The summed E-state index contributed by atoms with van der Waals surface area (Å²) in [4.78, 5) is 16.2. The first-order valence-electron chi connectivity index (χ1n) is 14.1. The van der Waals surface area contributed by atoms with Gasteiger partial charge in [-0.3, -0.25) is 9.80 Å². The number of alkyl halides is 6. The highest BCUT2D eigenvalue weighted by Crippen LogP contribution is 2.32. The highest BCUT2D eigenvalue weighted by molar-refractivity contribution is 5.73. The van der Waals surface area contributed by atoms with Crippen LogP contribution in [0.1, 0.15) is 54.9 Å². The van der Waals surface area contributed by atoms with Crippen molar-refractivity contribution in [2.75, 3.05) is 46.8 Å². The Morgan fingerprint density at radius 1 is 0.929 bits per heavy atom. The van der Waals surface area contributed by atoms with Crippen LogP contribution in [0.3, 0.4) is 0 Å². The van der Waals surface area contributed by atoms with Gasteiger partial charge in [-0.15, -0.1) is 0 Å². The third-order valence-electron chi connectivity index (χ3n) is 7.55. The van der Waals surface area contributed by atoms with E-state index in [1.54, 1.807) is 0 Å². The standard InChI is InChI=1S/C28H38F3N3O.C2HF3O2/c1-32(2)16-15-27(35-26-13-11-24(12-14-26)28(29,30)31)23-9-7-22(8-10-23)21-33-17-19-34(20-18-33)25-5-3-4-6-25;3-2(4,5)1(6)7/h7-14,25,27H,3-6,15-21H2,1-2H3;(H,6,7). The summed E-state index contributed by atoms with van der Waals surface area (Å²) < 4.78 is 76.6. The van der Waals surface area contributed by atoms with Crippen molar-refractivity contribution in [3.63, 3.8) is 0 Å². The van der Waals surface area contributed by atoms with Crippen molar-refractivity contribution in [2.45, 2.75) is 63.1 Å². The van der Waals surface area contributed by atoms with Gasteiger partial charge in [-0.05, 0) is 62.3 Å². The van der Waals surface area contributed by atoms with Gasteiger partial charge in [-0.25, -0.2) is 4.79 Å². The molecule has 6 nitrogen and oxygen atoms in total. The average molecular weight is 604 g/mol. The molecule has 0 spiro atoms. The van der Waals surface area contributed by atoms with Gasteiger partial charge in [0.25, 0.3) is 0 Å². The lowest BCUT2D eigenvalue weighted by Crippen LogP contribution is -2.49. The topological polar surface area (TPSA) is 56.2 Å². The van der Waals surface area contributed by atoms with Gasteiger partial charge in [0.05, 0.1) is 5.56 Å². The first-order chi connectivity index (χ1) is 19.7. The maximum Gasteiger partial charge on any atom is 0.490 e. The predicted molar refractivity (Wildman–Crippen MR) is 147 cm³/mol. The van der Waals surface area contributed by atoms with Gasteiger partial charge in [-0.1, -0.05) is 37.1 Å². The molecule has 0 radical (unpaired) electrons. The fourth-order valence-corrected chi connectivity index (χ4v) is 5.21. The maximum absolute atomic E-state index is 12.9. The zero-order chi connectivity index (χ0) is 30.9. The fourth-order valence-electron chi connectivity index (χ4n) is 5.21. The second kappa shape index (κ2) is 15.1. The number of rotatable bonds is 9. The maximum atomic E-state index is 12.9. The second-order valence-electron chi connectivity index (χ2n) is 11.0. The molecule has 2 aromatic carbocycles. The number of ether oxygens (including phenoxy) is 1. The van der Waals surface area contributed by atoms with E-state index in [1.165, 1.54) is 43.4 Å². The quantitative estimate of drug-likeness (QED) is 0.332. The van der Waals surface area contributed by atoms with Gasteiger partial charge in [-0.2, -0.15) is 26.3 Å². The van der Waals surface area contributed by atoms with E-state index in [9.17, 15) is 26.3 Å². The van der Waals surface area contributed by atoms with E-state index in [0.717, 1.165) is 69.4 Å². The van der Waals surface area contributed by atoms with Crippen molar-refractivity contribution >= 4 is 5.97 Å². The van der Waals surface area contributed by atoms with E-state index in [-0.39, 0.29) is 6.10 Å². The van der Waals surface area contributed by atoms with E-state index in [0.29, 0.717) is 5.75 Å². The number of hydrogen-bond acceptors (Lipinski definition) is 5. The highest BCUT2D eigenvalue weighted by Gasteiger charge is 2.38. The Morgan fingerprint density at radius 3 is 1.95 bits per heavy atom. The number of nitrogens with zero attached hydrogens (tertiary/aromatic N) is 3. The lowest BCUT2D eigenvalue weighted by molar-refractivity contribution is -0.192. The van der Waals surface area contributed by atoms with Crippen LogP contribution in [0, 0.1) is 0 Å². The van der Waals surface area contributed by atoms with Crippen LogP contribution in [-0.4, -0.2) is 84.8 Å². The Balaban J connectivity index is 0.000000616. The molecule has 12 heteroatoms. The van der Waals surface area contributed by atoms with Crippen LogP contribution in [-0.2, 0) is 17.5 Å². The summed E-state index contributed by atoms with van der Waals surface area (Å²) in [5.41, 5.74) is 1.66. The van der Waals surface area contributed by atoms with Crippen LogP contribution in [0.4, 0.5) is 26.3 Å². The van der Waals surface area contributed by atoms with Crippen molar-refractivity contribution in [1.29, 1.82) is 0 Å². The monoisotopic (exact) mass is 603 g/mol. The summed E-state index contributed by atoms with van der Waals surface area (Å²) in [5, 5.41) is 7.12. The summed E-state index contributed by atoms with van der Waals surface area (Å²) >= 11 is 0. The minimum Gasteiger partial charge on any atom is -0.486 e. The van der Waals surface area contributed by atoms with Crippen LogP contribution >= 0.6 is 0 Å². The fraction of sp³-hybridized carbons (Fsp3) is 0.567. The van der Waals surface area contributed by atoms with Gasteiger partial charge >= 0.3 is 18.3 Å². The van der Waals surface area contributed by atoms with E-state index < -0.39 is 23.9 Å². The Kier molecular flexibility index (Phi) is 12.1. The predicted octanol–water partition coefficient (Wildman–Crippen LogP) is 6.47. The zero-order valence-corrected chi connectivity index (χ0v) is 23.9. The number of hydrogen-bond donors (Lipinski definition) is 1. The van der Waals surface area contributed by atoms with Crippen molar-refractivity contribution in [3.05, 3.63) is 65.2 Å².